The lowest BCUT2D eigenvalue weighted by Crippen LogP contribution is -2.29. The van der Waals surface area contributed by atoms with Crippen LogP contribution in [0.25, 0.3) is 0 Å². The number of halogens is 1. The molecule has 0 aliphatic heterocycles. The van der Waals surface area contributed by atoms with E-state index in [0.29, 0.717) is 6.54 Å². The van der Waals surface area contributed by atoms with Crippen molar-refractivity contribution in [3.8, 4) is 0 Å². The van der Waals surface area contributed by atoms with E-state index in [4.69, 9.17) is 0 Å². The van der Waals surface area contributed by atoms with Crippen LogP contribution in [0.1, 0.15) is 5.56 Å². The van der Waals surface area contributed by atoms with Gasteiger partial charge in [0.05, 0.1) is 12.2 Å². The maximum absolute atomic E-state index is 13.4. The highest BCUT2D eigenvalue weighted by molar-refractivity contribution is 7.07. The number of carbonyl (C=O) groups excluding carboxylic acids is 1. The number of amides is 1. The smallest absolute Gasteiger partial charge is 0.238 e. The van der Waals surface area contributed by atoms with Crippen LogP contribution in [0.2, 0.25) is 0 Å². The SMILES string of the molecule is CN(CC(=O)Nc1ccccc1F)Cc1ccsc1. The van der Waals surface area contributed by atoms with Gasteiger partial charge in [-0.3, -0.25) is 9.69 Å². The molecular formula is C14H15FN2OS. The van der Waals surface area contributed by atoms with Crippen LogP contribution in [-0.4, -0.2) is 24.4 Å². The third kappa shape index (κ3) is 4.15. The topological polar surface area (TPSA) is 32.3 Å². The first-order valence-electron chi connectivity index (χ1n) is 5.89. The highest BCUT2D eigenvalue weighted by Crippen LogP contribution is 2.12. The van der Waals surface area contributed by atoms with Crippen LogP contribution >= 0.6 is 11.3 Å². The molecule has 2 aromatic rings. The molecule has 100 valence electrons. The summed E-state index contributed by atoms with van der Waals surface area (Å²) in [6, 6.07) is 8.17. The number of anilines is 1. The zero-order valence-corrected chi connectivity index (χ0v) is 11.4. The molecular weight excluding hydrogens is 263 g/mol. The third-order valence-electron chi connectivity index (χ3n) is 2.59. The maximum atomic E-state index is 13.4. The number of hydrogen-bond acceptors (Lipinski definition) is 3. The summed E-state index contributed by atoms with van der Waals surface area (Å²) in [6.45, 7) is 0.929. The van der Waals surface area contributed by atoms with Gasteiger partial charge in [0.15, 0.2) is 0 Å². The molecule has 0 fully saturated rings. The van der Waals surface area contributed by atoms with E-state index < -0.39 is 5.82 Å². The Labute approximate surface area is 115 Å². The normalized spacial score (nSPS) is 10.7. The van der Waals surface area contributed by atoms with Crippen LogP contribution in [0.5, 0.6) is 0 Å². The van der Waals surface area contributed by atoms with Crippen molar-refractivity contribution in [1.82, 2.24) is 4.90 Å². The standard InChI is InChI=1S/C14H15FN2OS/c1-17(8-11-6-7-19-10-11)9-14(18)16-13-5-3-2-4-12(13)15/h2-7,10H,8-9H2,1H3,(H,16,18). The molecule has 0 bridgehead atoms. The van der Waals surface area contributed by atoms with E-state index in [1.165, 1.54) is 11.6 Å². The molecule has 5 heteroatoms. The fourth-order valence-electron chi connectivity index (χ4n) is 1.75. The van der Waals surface area contributed by atoms with Crippen LogP contribution in [0.4, 0.5) is 10.1 Å². The molecule has 0 aliphatic carbocycles. The number of nitrogens with one attached hydrogen (secondary N) is 1. The number of likely N-dealkylation sites (N-methyl/N-ethyl adjacent to an activating group) is 1. The number of hydrogen-bond donors (Lipinski definition) is 1. The summed E-state index contributed by atoms with van der Waals surface area (Å²) in [5.41, 5.74) is 1.39. The molecule has 2 rings (SSSR count). The van der Waals surface area contributed by atoms with Crippen molar-refractivity contribution in [2.24, 2.45) is 0 Å². The molecule has 1 aromatic carbocycles. The minimum Gasteiger partial charge on any atom is -0.322 e. The predicted molar refractivity (Wildman–Crippen MR) is 75.7 cm³/mol. The summed E-state index contributed by atoms with van der Waals surface area (Å²) in [5.74, 6) is -0.640. The average molecular weight is 278 g/mol. The minimum atomic E-state index is -0.420. The van der Waals surface area contributed by atoms with Crippen molar-refractivity contribution in [2.75, 3.05) is 18.9 Å². The van der Waals surface area contributed by atoms with Gasteiger partial charge in [0.1, 0.15) is 5.82 Å². The Hall–Kier alpha value is -1.72. The molecule has 1 aromatic heterocycles. The monoisotopic (exact) mass is 278 g/mol. The van der Waals surface area contributed by atoms with Crippen molar-refractivity contribution in [2.45, 2.75) is 6.54 Å². The van der Waals surface area contributed by atoms with Gasteiger partial charge in [0, 0.05) is 6.54 Å². The number of carbonyl (C=O) groups is 1. The molecule has 1 heterocycles. The van der Waals surface area contributed by atoms with Crippen molar-refractivity contribution in [3.05, 3.63) is 52.5 Å². The Morgan fingerprint density at radius 1 is 1.37 bits per heavy atom. The van der Waals surface area contributed by atoms with Gasteiger partial charge in [0.25, 0.3) is 0 Å². The number of para-hydroxylation sites is 1. The molecule has 3 nitrogen and oxygen atoms in total. The summed E-state index contributed by atoms with van der Waals surface area (Å²) in [6.07, 6.45) is 0. The number of thiophene rings is 1. The van der Waals surface area contributed by atoms with Gasteiger partial charge in [-0.05, 0) is 41.6 Å². The van der Waals surface area contributed by atoms with Crippen molar-refractivity contribution >= 4 is 22.9 Å². The van der Waals surface area contributed by atoms with E-state index in [1.54, 1.807) is 29.5 Å². The number of rotatable bonds is 5. The largest absolute Gasteiger partial charge is 0.322 e. The van der Waals surface area contributed by atoms with Gasteiger partial charge in [-0.25, -0.2) is 4.39 Å². The average Bonchev–Trinajstić information content (AvgIpc) is 2.84. The minimum absolute atomic E-state index is 0.219. The molecule has 0 aliphatic rings. The van der Waals surface area contributed by atoms with Gasteiger partial charge in [-0.2, -0.15) is 11.3 Å². The molecule has 0 saturated heterocycles. The molecule has 1 N–H and O–H groups in total. The Balaban J connectivity index is 1.86. The van der Waals surface area contributed by atoms with Crippen LogP contribution in [0, 0.1) is 5.82 Å². The summed E-state index contributed by atoms with van der Waals surface area (Å²) >= 11 is 1.63. The molecule has 1 amide bonds. The molecule has 0 saturated carbocycles. The number of nitrogens with zero attached hydrogens (tertiary/aromatic N) is 1. The van der Waals surface area contributed by atoms with E-state index in [2.05, 4.69) is 5.32 Å². The highest BCUT2D eigenvalue weighted by Gasteiger charge is 2.09. The zero-order chi connectivity index (χ0) is 13.7. The lowest BCUT2D eigenvalue weighted by molar-refractivity contribution is -0.117. The second-order valence-corrected chi connectivity index (χ2v) is 5.11. The van der Waals surface area contributed by atoms with E-state index in [1.807, 2.05) is 28.8 Å². The van der Waals surface area contributed by atoms with Gasteiger partial charge >= 0.3 is 0 Å². The van der Waals surface area contributed by atoms with E-state index in [-0.39, 0.29) is 18.1 Å². The second kappa shape index (κ2) is 6.45. The molecule has 19 heavy (non-hydrogen) atoms. The van der Waals surface area contributed by atoms with Gasteiger partial charge in [-0.1, -0.05) is 12.1 Å². The fraction of sp³-hybridized carbons (Fsp3) is 0.214. The van der Waals surface area contributed by atoms with Crippen LogP contribution in [0.3, 0.4) is 0 Å². The van der Waals surface area contributed by atoms with Gasteiger partial charge < -0.3 is 5.32 Å². The van der Waals surface area contributed by atoms with Crippen LogP contribution in [-0.2, 0) is 11.3 Å². The summed E-state index contributed by atoms with van der Waals surface area (Å²) in [5, 5.41) is 6.62. The fourth-order valence-corrected chi connectivity index (χ4v) is 2.41. The predicted octanol–water partition coefficient (Wildman–Crippen LogP) is 2.96. The Kier molecular flexibility index (Phi) is 4.65. The molecule has 0 unspecified atom stereocenters. The lowest BCUT2D eigenvalue weighted by atomic mass is 10.3. The van der Waals surface area contributed by atoms with E-state index in [9.17, 15) is 9.18 Å². The Morgan fingerprint density at radius 3 is 2.84 bits per heavy atom. The van der Waals surface area contributed by atoms with E-state index in [0.717, 1.165) is 0 Å². The second-order valence-electron chi connectivity index (χ2n) is 4.33. The first-order chi connectivity index (χ1) is 9.15. The molecule has 0 radical (unpaired) electrons. The zero-order valence-electron chi connectivity index (χ0n) is 10.6. The van der Waals surface area contributed by atoms with Crippen molar-refractivity contribution < 1.29 is 9.18 Å². The van der Waals surface area contributed by atoms with Crippen molar-refractivity contribution in [1.29, 1.82) is 0 Å². The van der Waals surface area contributed by atoms with E-state index >= 15 is 0 Å². The first kappa shape index (κ1) is 13.7. The van der Waals surface area contributed by atoms with Gasteiger partial charge in [0.2, 0.25) is 5.91 Å². The third-order valence-corrected chi connectivity index (χ3v) is 3.33. The first-order valence-corrected chi connectivity index (χ1v) is 6.83. The molecule has 0 atom stereocenters. The highest BCUT2D eigenvalue weighted by atomic mass is 32.1. The summed E-state index contributed by atoms with van der Waals surface area (Å²) in [7, 11) is 1.86. The lowest BCUT2D eigenvalue weighted by Gasteiger charge is -2.15. The van der Waals surface area contributed by atoms with Crippen molar-refractivity contribution in [3.63, 3.8) is 0 Å². The Morgan fingerprint density at radius 2 is 2.16 bits per heavy atom. The van der Waals surface area contributed by atoms with Crippen LogP contribution < -0.4 is 5.32 Å². The summed E-state index contributed by atoms with van der Waals surface area (Å²) in [4.78, 5) is 13.7. The maximum Gasteiger partial charge on any atom is 0.238 e. The van der Waals surface area contributed by atoms with Crippen LogP contribution in [0.15, 0.2) is 41.1 Å². The Bertz CT molecular complexity index is 542. The number of benzene rings is 1. The summed E-state index contributed by atoms with van der Waals surface area (Å²) < 4.78 is 13.4. The van der Waals surface area contributed by atoms with Gasteiger partial charge in [-0.15, -0.1) is 0 Å². The quantitative estimate of drug-likeness (QED) is 0.912. The molecule has 0 spiro atoms.